The highest BCUT2D eigenvalue weighted by atomic mass is 35.5. The van der Waals surface area contributed by atoms with Crippen LogP contribution in [0.25, 0.3) is 22.2 Å². The summed E-state index contributed by atoms with van der Waals surface area (Å²) in [7, 11) is 0. The van der Waals surface area contributed by atoms with Crippen molar-refractivity contribution in [2.75, 3.05) is 6.61 Å². The van der Waals surface area contributed by atoms with Gasteiger partial charge in [-0.1, -0.05) is 83.9 Å². The van der Waals surface area contributed by atoms with Crippen LogP contribution in [0.5, 0.6) is 0 Å². The Labute approximate surface area is 179 Å². The Balaban J connectivity index is 1.66. The summed E-state index contributed by atoms with van der Waals surface area (Å²) < 4.78 is 5.35. The number of nitrogens with zero attached hydrogens (tertiary/aromatic N) is 1. The van der Waals surface area contributed by atoms with Crippen molar-refractivity contribution in [2.45, 2.75) is 6.92 Å². The highest BCUT2D eigenvalue weighted by Gasteiger charge is 2.18. The van der Waals surface area contributed by atoms with E-state index < -0.39 is 5.97 Å². The number of halogens is 1. The second-order valence-electron chi connectivity index (χ2n) is 6.92. The van der Waals surface area contributed by atoms with Crippen LogP contribution in [0.15, 0.2) is 78.9 Å². The Morgan fingerprint density at radius 1 is 0.933 bits per heavy atom. The molecule has 3 aromatic carbocycles. The number of carbonyl (C=O) groups excluding carboxylic acids is 2. The summed E-state index contributed by atoms with van der Waals surface area (Å²) >= 11 is 6.34. The highest BCUT2D eigenvalue weighted by Crippen LogP contribution is 2.29. The largest absolute Gasteiger partial charge is 0.454 e. The van der Waals surface area contributed by atoms with Crippen molar-refractivity contribution in [2.24, 2.45) is 0 Å². The molecule has 30 heavy (non-hydrogen) atoms. The van der Waals surface area contributed by atoms with E-state index in [0.29, 0.717) is 32.7 Å². The van der Waals surface area contributed by atoms with Gasteiger partial charge in [0.2, 0.25) is 0 Å². The third-order valence-electron chi connectivity index (χ3n) is 4.79. The molecular weight excluding hydrogens is 398 g/mol. The van der Waals surface area contributed by atoms with Gasteiger partial charge in [-0.3, -0.25) is 4.79 Å². The molecule has 0 bridgehead atoms. The molecule has 1 heterocycles. The molecule has 0 aliphatic heterocycles. The van der Waals surface area contributed by atoms with Crippen LogP contribution in [0.1, 0.15) is 26.3 Å². The molecule has 4 aromatic rings. The van der Waals surface area contributed by atoms with Gasteiger partial charge in [0.25, 0.3) is 0 Å². The molecule has 0 aliphatic rings. The summed E-state index contributed by atoms with van der Waals surface area (Å²) in [6, 6.07) is 23.6. The summed E-state index contributed by atoms with van der Waals surface area (Å²) in [5, 5.41) is 1.02. The van der Waals surface area contributed by atoms with E-state index >= 15 is 0 Å². The molecule has 0 spiro atoms. The Morgan fingerprint density at radius 3 is 2.40 bits per heavy atom. The number of pyridine rings is 1. The van der Waals surface area contributed by atoms with Gasteiger partial charge in [0.05, 0.1) is 21.8 Å². The quantitative estimate of drug-likeness (QED) is 0.300. The molecule has 0 fully saturated rings. The lowest BCUT2D eigenvalue weighted by molar-refractivity contribution is 0.0476. The molecule has 4 nitrogen and oxygen atoms in total. The van der Waals surface area contributed by atoms with Gasteiger partial charge in [-0.15, -0.1) is 0 Å². The summed E-state index contributed by atoms with van der Waals surface area (Å²) in [6.07, 6.45) is 0. The van der Waals surface area contributed by atoms with Crippen molar-refractivity contribution in [3.05, 3.63) is 101 Å². The zero-order valence-corrected chi connectivity index (χ0v) is 17.0. The number of Topliss-reactive ketones (excluding diaryl/α,β-unsaturated/α-hetero) is 1. The van der Waals surface area contributed by atoms with Crippen LogP contribution in [0.4, 0.5) is 0 Å². The van der Waals surface area contributed by atoms with E-state index in [-0.39, 0.29) is 12.4 Å². The van der Waals surface area contributed by atoms with Crippen molar-refractivity contribution >= 4 is 34.3 Å². The zero-order valence-electron chi connectivity index (χ0n) is 16.3. The molecule has 0 amide bonds. The molecule has 0 unspecified atom stereocenters. The minimum atomic E-state index is -0.595. The first-order valence-electron chi connectivity index (χ1n) is 9.44. The van der Waals surface area contributed by atoms with Crippen molar-refractivity contribution in [3.8, 4) is 11.3 Å². The number of ether oxygens (including phenoxy) is 1. The van der Waals surface area contributed by atoms with Crippen LogP contribution in [0.3, 0.4) is 0 Å². The van der Waals surface area contributed by atoms with E-state index in [1.165, 1.54) is 0 Å². The van der Waals surface area contributed by atoms with E-state index in [1.54, 1.807) is 36.4 Å². The predicted octanol–water partition coefficient (Wildman–Crippen LogP) is 5.90. The average Bonchev–Trinajstić information content (AvgIpc) is 2.78. The van der Waals surface area contributed by atoms with E-state index in [1.807, 2.05) is 49.4 Å². The topological polar surface area (TPSA) is 56.3 Å². The van der Waals surface area contributed by atoms with Gasteiger partial charge in [-0.05, 0) is 19.1 Å². The molecule has 0 saturated carbocycles. The molecule has 148 valence electrons. The Bertz CT molecular complexity index is 1230. The number of benzene rings is 3. The number of ketones is 1. The van der Waals surface area contributed by atoms with Crippen LogP contribution in [-0.4, -0.2) is 23.3 Å². The molecule has 1 aromatic heterocycles. The Hall–Kier alpha value is -3.50. The lowest BCUT2D eigenvalue weighted by atomic mass is 10.0. The van der Waals surface area contributed by atoms with Gasteiger partial charge in [-0.25, -0.2) is 9.78 Å². The van der Waals surface area contributed by atoms with E-state index in [2.05, 4.69) is 4.98 Å². The third kappa shape index (κ3) is 4.09. The van der Waals surface area contributed by atoms with Crippen LogP contribution in [0, 0.1) is 6.92 Å². The first-order chi connectivity index (χ1) is 14.5. The molecule has 5 heteroatoms. The van der Waals surface area contributed by atoms with Gasteiger partial charge in [0.15, 0.2) is 12.4 Å². The molecule has 0 aliphatic carbocycles. The molecular formula is C25H18ClNO3. The summed E-state index contributed by atoms with van der Waals surface area (Å²) in [5.74, 6) is -0.856. The van der Waals surface area contributed by atoms with Crippen molar-refractivity contribution in [3.63, 3.8) is 0 Å². The zero-order chi connectivity index (χ0) is 21.1. The third-order valence-corrected chi connectivity index (χ3v) is 5.09. The first-order valence-corrected chi connectivity index (χ1v) is 9.82. The van der Waals surface area contributed by atoms with Gasteiger partial charge in [0, 0.05) is 16.5 Å². The number of hydrogen-bond acceptors (Lipinski definition) is 4. The van der Waals surface area contributed by atoms with Crippen LogP contribution in [0.2, 0.25) is 5.02 Å². The fourth-order valence-electron chi connectivity index (χ4n) is 3.17. The minimum absolute atomic E-state index is 0.261. The van der Waals surface area contributed by atoms with E-state index in [4.69, 9.17) is 16.3 Å². The normalized spacial score (nSPS) is 10.7. The van der Waals surface area contributed by atoms with Crippen molar-refractivity contribution in [1.82, 2.24) is 4.98 Å². The number of carbonyl (C=O) groups is 2. The lowest BCUT2D eigenvalue weighted by Gasteiger charge is -2.11. The number of para-hydroxylation sites is 1. The molecule has 4 rings (SSSR count). The number of fused-ring (bicyclic) bond motifs is 1. The standard InChI is InChI=1S/C25H18ClNO3/c1-16-10-12-18(13-11-16)23(28)15-30-25(29)20-14-22(17-6-3-2-4-7-17)27-24-19(20)8-5-9-21(24)26/h2-14H,15H2,1H3. The van der Waals surface area contributed by atoms with Gasteiger partial charge in [0.1, 0.15) is 0 Å². The highest BCUT2D eigenvalue weighted by molar-refractivity contribution is 6.35. The second kappa shape index (κ2) is 8.47. The smallest absolute Gasteiger partial charge is 0.339 e. The number of hydrogen-bond donors (Lipinski definition) is 0. The van der Waals surface area contributed by atoms with Crippen LogP contribution < -0.4 is 0 Å². The average molecular weight is 416 g/mol. The molecule has 0 N–H and O–H groups in total. The maximum Gasteiger partial charge on any atom is 0.339 e. The van der Waals surface area contributed by atoms with Crippen LogP contribution in [-0.2, 0) is 4.74 Å². The predicted molar refractivity (Wildman–Crippen MR) is 118 cm³/mol. The minimum Gasteiger partial charge on any atom is -0.454 e. The van der Waals surface area contributed by atoms with Gasteiger partial charge < -0.3 is 4.74 Å². The fraction of sp³-hybridized carbons (Fsp3) is 0.0800. The number of aryl methyl sites for hydroxylation is 1. The summed E-state index contributed by atoms with van der Waals surface area (Å²) in [4.78, 5) is 29.9. The maximum atomic E-state index is 12.9. The van der Waals surface area contributed by atoms with Gasteiger partial charge >= 0.3 is 5.97 Å². The monoisotopic (exact) mass is 415 g/mol. The van der Waals surface area contributed by atoms with E-state index in [9.17, 15) is 9.59 Å². The molecule has 0 radical (unpaired) electrons. The fourth-order valence-corrected chi connectivity index (χ4v) is 3.39. The lowest BCUT2D eigenvalue weighted by Crippen LogP contribution is -2.15. The van der Waals surface area contributed by atoms with Gasteiger partial charge in [-0.2, -0.15) is 0 Å². The van der Waals surface area contributed by atoms with Crippen LogP contribution >= 0.6 is 11.6 Å². The van der Waals surface area contributed by atoms with Crippen molar-refractivity contribution in [1.29, 1.82) is 0 Å². The maximum absolute atomic E-state index is 12.9. The Morgan fingerprint density at radius 2 is 1.67 bits per heavy atom. The summed E-state index contributed by atoms with van der Waals surface area (Å²) in [5.41, 5.74) is 3.84. The summed E-state index contributed by atoms with van der Waals surface area (Å²) in [6.45, 7) is 1.60. The number of aromatic nitrogens is 1. The second-order valence-corrected chi connectivity index (χ2v) is 7.33. The first kappa shape index (κ1) is 19.8. The number of rotatable bonds is 5. The molecule has 0 saturated heterocycles. The van der Waals surface area contributed by atoms with Crippen molar-refractivity contribution < 1.29 is 14.3 Å². The number of esters is 1. The molecule has 0 atom stereocenters. The van der Waals surface area contributed by atoms with E-state index in [0.717, 1.165) is 11.1 Å². The SMILES string of the molecule is Cc1ccc(C(=O)COC(=O)c2cc(-c3ccccc3)nc3c(Cl)cccc23)cc1. The Kier molecular flexibility index (Phi) is 5.59.